The highest BCUT2D eigenvalue weighted by Crippen LogP contribution is 2.38. The molecule has 0 saturated carbocycles. The molecular weight excluding hydrogens is 430 g/mol. The van der Waals surface area contributed by atoms with Crippen molar-refractivity contribution in [1.29, 1.82) is 0 Å². The van der Waals surface area contributed by atoms with Gasteiger partial charge in [0.25, 0.3) is 0 Å². The lowest BCUT2D eigenvalue weighted by Crippen LogP contribution is -2.44. The van der Waals surface area contributed by atoms with Gasteiger partial charge in [0.05, 0.1) is 17.5 Å². The standard InChI is InChI=1S/C23H23N3O3S2/c24-31(28,29)18-6-7-20-17(14-18)8-12-26(20)22(27)15-25-11-9-21-19(10-13-30-21)23(25)16-4-2-1-3-5-16/h1-7,10,13-14,23H,8-9,11-12,15H2,(H2,24,28,29). The maximum atomic E-state index is 13.3. The second kappa shape index (κ2) is 7.87. The van der Waals surface area contributed by atoms with E-state index < -0.39 is 10.0 Å². The van der Waals surface area contributed by atoms with Crippen molar-refractivity contribution in [2.24, 2.45) is 5.14 Å². The summed E-state index contributed by atoms with van der Waals surface area (Å²) in [6.07, 6.45) is 1.57. The van der Waals surface area contributed by atoms with Gasteiger partial charge >= 0.3 is 0 Å². The Bertz CT molecular complexity index is 1240. The average molecular weight is 454 g/mol. The number of carbonyl (C=O) groups is 1. The van der Waals surface area contributed by atoms with Crippen LogP contribution >= 0.6 is 11.3 Å². The van der Waals surface area contributed by atoms with E-state index in [0.29, 0.717) is 19.5 Å². The molecule has 0 bridgehead atoms. The number of hydrogen-bond donors (Lipinski definition) is 1. The molecule has 6 nitrogen and oxygen atoms in total. The van der Waals surface area contributed by atoms with E-state index in [1.165, 1.54) is 22.1 Å². The summed E-state index contributed by atoms with van der Waals surface area (Å²) in [6, 6.07) is 17.3. The van der Waals surface area contributed by atoms with Gasteiger partial charge < -0.3 is 4.90 Å². The van der Waals surface area contributed by atoms with Crippen molar-refractivity contribution >= 4 is 33.0 Å². The SMILES string of the molecule is NS(=O)(=O)c1ccc2c(c1)CCN2C(=O)CN1CCc2sccc2C1c1ccccc1. The number of benzene rings is 2. The Balaban J connectivity index is 1.41. The lowest BCUT2D eigenvalue weighted by atomic mass is 9.93. The first-order valence-electron chi connectivity index (χ1n) is 10.2. The maximum Gasteiger partial charge on any atom is 0.241 e. The van der Waals surface area contributed by atoms with Crippen LogP contribution in [0.1, 0.15) is 27.6 Å². The summed E-state index contributed by atoms with van der Waals surface area (Å²) in [7, 11) is -3.76. The topological polar surface area (TPSA) is 83.7 Å². The highest BCUT2D eigenvalue weighted by molar-refractivity contribution is 7.89. The highest BCUT2D eigenvalue weighted by atomic mass is 32.2. The summed E-state index contributed by atoms with van der Waals surface area (Å²) in [5.74, 6) is 0.0294. The molecule has 2 aromatic carbocycles. The first-order valence-corrected chi connectivity index (χ1v) is 12.7. The molecule has 3 aromatic rings. The number of amides is 1. The second-order valence-electron chi connectivity index (χ2n) is 7.96. The van der Waals surface area contributed by atoms with E-state index in [9.17, 15) is 13.2 Å². The highest BCUT2D eigenvalue weighted by Gasteiger charge is 2.33. The number of nitrogens with zero attached hydrogens (tertiary/aromatic N) is 2. The molecule has 2 aliphatic rings. The van der Waals surface area contributed by atoms with E-state index in [0.717, 1.165) is 24.2 Å². The fourth-order valence-electron chi connectivity index (χ4n) is 4.64. The Morgan fingerprint density at radius 1 is 1.06 bits per heavy atom. The molecule has 1 aromatic heterocycles. The average Bonchev–Trinajstić information content (AvgIpc) is 3.40. The van der Waals surface area contributed by atoms with E-state index in [4.69, 9.17) is 5.14 Å². The summed E-state index contributed by atoms with van der Waals surface area (Å²) < 4.78 is 23.3. The minimum atomic E-state index is -3.76. The third kappa shape index (κ3) is 3.80. The minimum absolute atomic E-state index is 0.0294. The van der Waals surface area contributed by atoms with Gasteiger partial charge in [0.2, 0.25) is 15.9 Å². The number of carbonyl (C=O) groups excluding carboxylic acids is 1. The van der Waals surface area contributed by atoms with Crippen molar-refractivity contribution in [2.75, 3.05) is 24.5 Å². The van der Waals surface area contributed by atoms with E-state index in [1.54, 1.807) is 28.4 Å². The van der Waals surface area contributed by atoms with Crippen LogP contribution in [0.3, 0.4) is 0 Å². The largest absolute Gasteiger partial charge is 0.311 e. The number of hydrogen-bond acceptors (Lipinski definition) is 5. The summed E-state index contributed by atoms with van der Waals surface area (Å²) in [5.41, 5.74) is 4.10. The van der Waals surface area contributed by atoms with Gasteiger partial charge in [0.15, 0.2) is 0 Å². The van der Waals surface area contributed by atoms with E-state index >= 15 is 0 Å². The van der Waals surface area contributed by atoms with Crippen LogP contribution in [-0.2, 0) is 27.7 Å². The molecule has 0 aliphatic carbocycles. The van der Waals surface area contributed by atoms with Gasteiger partial charge in [-0.3, -0.25) is 9.69 Å². The van der Waals surface area contributed by atoms with Crippen LogP contribution in [0.2, 0.25) is 0 Å². The van der Waals surface area contributed by atoms with Gasteiger partial charge in [0.1, 0.15) is 0 Å². The van der Waals surface area contributed by atoms with Crippen molar-refractivity contribution in [3.63, 3.8) is 0 Å². The third-order valence-corrected chi connectivity index (χ3v) is 8.00. The van der Waals surface area contributed by atoms with Crippen LogP contribution in [0.25, 0.3) is 0 Å². The normalized spacial score (nSPS) is 18.6. The Morgan fingerprint density at radius 3 is 2.65 bits per heavy atom. The van der Waals surface area contributed by atoms with E-state index in [-0.39, 0.29) is 16.8 Å². The maximum absolute atomic E-state index is 13.3. The molecule has 1 unspecified atom stereocenters. The van der Waals surface area contributed by atoms with E-state index in [2.05, 4.69) is 28.5 Å². The quantitative estimate of drug-likeness (QED) is 0.658. The summed E-state index contributed by atoms with van der Waals surface area (Å²) in [6.45, 7) is 1.69. The monoisotopic (exact) mass is 453 g/mol. The predicted molar refractivity (Wildman–Crippen MR) is 122 cm³/mol. The molecule has 0 saturated heterocycles. The smallest absolute Gasteiger partial charge is 0.241 e. The minimum Gasteiger partial charge on any atom is -0.311 e. The molecule has 8 heteroatoms. The number of rotatable bonds is 4. The molecule has 5 rings (SSSR count). The molecule has 3 heterocycles. The first-order chi connectivity index (χ1) is 14.9. The van der Waals surface area contributed by atoms with Crippen LogP contribution < -0.4 is 10.0 Å². The van der Waals surface area contributed by atoms with Gasteiger partial charge in [0, 0.05) is 23.7 Å². The van der Waals surface area contributed by atoms with Crippen molar-refractivity contribution in [3.8, 4) is 0 Å². The zero-order valence-electron chi connectivity index (χ0n) is 16.9. The summed E-state index contributed by atoms with van der Waals surface area (Å²) in [4.78, 5) is 18.8. The Morgan fingerprint density at radius 2 is 1.87 bits per heavy atom. The molecule has 1 amide bonds. The summed E-state index contributed by atoms with van der Waals surface area (Å²) in [5, 5.41) is 7.39. The number of fused-ring (bicyclic) bond motifs is 2. The molecular formula is C23H23N3O3S2. The lowest BCUT2D eigenvalue weighted by molar-refractivity contribution is -0.120. The van der Waals surface area contributed by atoms with Gasteiger partial charge in [-0.2, -0.15) is 0 Å². The number of primary sulfonamides is 1. The van der Waals surface area contributed by atoms with Gasteiger partial charge in [-0.15, -0.1) is 11.3 Å². The summed E-state index contributed by atoms with van der Waals surface area (Å²) >= 11 is 1.78. The molecule has 0 radical (unpaired) electrons. The van der Waals surface area contributed by atoms with Crippen LogP contribution in [-0.4, -0.2) is 38.9 Å². The van der Waals surface area contributed by atoms with Gasteiger partial charge in [-0.25, -0.2) is 13.6 Å². The van der Waals surface area contributed by atoms with E-state index in [1.807, 2.05) is 18.2 Å². The van der Waals surface area contributed by atoms with Crippen LogP contribution in [0.15, 0.2) is 64.9 Å². The molecule has 0 fully saturated rings. The van der Waals surface area contributed by atoms with Crippen molar-refractivity contribution < 1.29 is 13.2 Å². The Kier molecular flexibility index (Phi) is 5.18. The molecule has 160 valence electrons. The number of sulfonamides is 1. The fourth-order valence-corrected chi connectivity index (χ4v) is 6.11. The zero-order valence-corrected chi connectivity index (χ0v) is 18.5. The lowest BCUT2D eigenvalue weighted by Gasteiger charge is -2.36. The van der Waals surface area contributed by atoms with Crippen molar-refractivity contribution in [1.82, 2.24) is 4.90 Å². The van der Waals surface area contributed by atoms with Gasteiger partial charge in [-0.1, -0.05) is 30.3 Å². The third-order valence-electron chi connectivity index (χ3n) is 6.10. The van der Waals surface area contributed by atoms with Gasteiger partial charge in [-0.05, 0) is 59.2 Å². The Labute approximate surface area is 186 Å². The molecule has 2 N–H and O–H groups in total. The zero-order chi connectivity index (χ0) is 21.6. The van der Waals surface area contributed by atoms with Crippen molar-refractivity contribution in [3.05, 3.63) is 81.5 Å². The Hall–Kier alpha value is -2.52. The van der Waals surface area contributed by atoms with Crippen LogP contribution in [0.4, 0.5) is 5.69 Å². The number of anilines is 1. The van der Waals surface area contributed by atoms with Crippen LogP contribution in [0, 0.1) is 0 Å². The van der Waals surface area contributed by atoms with Crippen LogP contribution in [0.5, 0.6) is 0 Å². The molecule has 2 aliphatic heterocycles. The predicted octanol–water partition coefficient (Wildman–Crippen LogP) is 2.93. The number of nitrogens with two attached hydrogens (primary N) is 1. The molecule has 31 heavy (non-hydrogen) atoms. The molecule has 0 spiro atoms. The fraction of sp³-hybridized carbons (Fsp3) is 0.261. The molecule has 1 atom stereocenters. The second-order valence-corrected chi connectivity index (χ2v) is 10.5. The first kappa shape index (κ1) is 20.4. The number of thiophene rings is 1. The van der Waals surface area contributed by atoms with Crippen molar-refractivity contribution in [2.45, 2.75) is 23.8 Å².